The van der Waals surface area contributed by atoms with Crippen LogP contribution in [-0.2, 0) is 4.79 Å². The molecule has 24 heavy (non-hydrogen) atoms. The summed E-state index contributed by atoms with van der Waals surface area (Å²) >= 11 is 0. The van der Waals surface area contributed by atoms with Gasteiger partial charge in [-0.3, -0.25) is 24.6 Å². The topological polar surface area (TPSA) is 116 Å². The molecule has 1 aromatic carbocycles. The van der Waals surface area contributed by atoms with Crippen molar-refractivity contribution in [3.8, 4) is 5.75 Å². The van der Waals surface area contributed by atoms with Crippen LogP contribution in [0.25, 0.3) is 0 Å². The number of nitro benzene ring substituents is 1. The van der Waals surface area contributed by atoms with Crippen molar-refractivity contribution < 1.29 is 19.2 Å². The summed E-state index contributed by atoms with van der Waals surface area (Å²) in [6.07, 6.45) is 4.12. The molecule has 1 fully saturated rings. The number of nitro groups is 1. The Morgan fingerprint density at radius 3 is 2.67 bits per heavy atom. The highest BCUT2D eigenvalue weighted by Gasteiger charge is 2.25. The second-order valence-corrected chi connectivity index (χ2v) is 5.75. The molecule has 1 aliphatic heterocycles. The van der Waals surface area contributed by atoms with Gasteiger partial charge in [-0.1, -0.05) is 6.42 Å². The van der Waals surface area contributed by atoms with Crippen molar-refractivity contribution in [3.05, 3.63) is 33.9 Å². The zero-order chi connectivity index (χ0) is 17.5. The predicted octanol–water partition coefficient (Wildman–Crippen LogP) is 1.52. The molecule has 0 saturated carbocycles. The standard InChI is InChI=1S/C16H21N3O5/c17-16(21)15(18-7-2-1-3-8-18)6-9-24-13-4-5-14(19(22)23)12(10-13)11-20/h4-5,10-11,15H,1-3,6-9H2,(H2,17,21). The van der Waals surface area contributed by atoms with Gasteiger partial charge in [0, 0.05) is 12.5 Å². The summed E-state index contributed by atoms with van der Waals surface area (Å²) in [4.78, 5) is 34.8. The molecule has 0 bridgehead atoms. The van der Waals surface area contributed by atoms with Crippen molar-refractivity contribution in [3.63, 3.8) is 0 Å². The molecule has 2 N–H and O–H groups in total. The van der Waals surface area contributed by atoms with Crippen molar-refractivity contribution in [2.24, 2.45) is 5.73 Å². The summed E-state index contributed by atoms with van der Waals surface area (Å²) in [5.74, 6) is -0.0256. The molecule has 130 valence electrons. The van der Waals surface area contributed by atoms with E-state index >= 15 is 0 Å². The van der Waals surface area contributed by atoms with Crippen LogP contribution in [0.4, 0.5) is 5.69 Å². The summed E-state index contributed by atoms with van der Waals surface area (Å²) in [7, 11) is 0. The molecule has 8 heteroatoms. The average molecular weight is 335 g/mol. The van der Waals surface area contributed by atoms with Crippen LogP contribution in [0.15, 0.2) is 18.2 Å². The van der Waals surface area contributed by atoms with E-state index in [2.05, 4.69) is 4.90 Å². The zero-order valence-corrected chi connectivity index (χ0v) is 13.3. The second-order valence-electron chi connectivity index (χ2n) is 5.75. The summed E-state index contributed by atoms with van der Waals surface area (Å²) in [6, 6.07) is 3.61. The molecule has 0 aliphatic carbocycles. The number of primary amides is 1. The Morgan fingerprint density at radius 2 is 2.08 bits per heavy atom. The maximum atomic E-state index is 11.7. The van der Waals surface area contributed by atoms with E-state index in [1.54, 1.807) is 0 Å². The van der Waals surface area contributed by atoms with Gasteiger partial charge < -0.3 is 10.5 Å². The minimum absolute atomic E-state index is 0.0417. The lowest BCUT2D eigenvalue weighted by molar-refractivity contribution is -0.385. The van der Waals surface area contributed by atoms with Crippen LogP contribution in [0.5, 0.6) is 5.75 Å². The maximum Gasteiger partial charge on any atom is 0.280 e. The minimum atomic E-state index is -0.618. The molecule has 1 heterocycles. The van der Waals surface area contributed by atoms with Crippen molar-refractivity contribution in [1.29, 1.82) is 0 Å². The largest absolute Gasteiger partial charge is 0.493 e. The van der Waals surface area contributed by atoms with Gasteiger partial charge in [0.05, 0.1) is 23.1 Å². The van der Waals surface area contributed by atoms with E-state index in [4.69, 9.17) is 10.5 Å². The fourth-order valence-corrected chi connectivity index (χ4v) is 2.91. The van der Waals surface area contributed by atoms with Gasteiger partial charge in [-0.25, -0.2) is 0 Å². The van der Waals surface area contributed by atoms with Crippen molar-refractivity contribution >= 4 is 17.9 Å². The van der Waals surface area contributed by atoms with E-state index < -0.39 is 4.92 Å². The molecule has 0 aromatic heterocycles. The molecule has 0 spiro atoms. The predicted molar refractivity (Wildman–Crippen MR) is 87.0 cm³/mol. The molecule has 2 rings (SSSR count). The van der Waals surface area contributed by atoms with Gasteiger partial charge in [0.15, 0.2) is 6.29 Å². The molecule has 1 aliphatic rings. The average Bonchev–Trinajstić information content (AvgIpc) is 2.58. The highest BCUT2D eigenvalue weighted by Crippen LogP contribution is 2.23. The molecule has 1 aromatic rings. The van der Waals surface area contributed by atoms with Gasteiger partial charge in [0.1, 0.15) is 5.75 Å². The number of hydrogen-bond acceptors (Lipinski definition) is 6. The third-order valence-electron chi connectivity index (χ3n) is 4.14. The summed E-state index contributed by atoms with van der Waals surface area (Å²) in [5.41, 5.74) is 5.18. The van der Waals surface area contributed by atoms with Gasteiger partial charge in [-0.05, 0) is 38.1 Å². The Bertz CT molecular complexity index is 614. The van der Waals surface area contributed by atoms with E-state index in [0.29, 0.717) is 18.5 Å². The number of amides is 1. The van der Waals surface area contributed by atoms with Crippen LogP contribution in [0.1, 0.15) is 36.0 Å². The number of hydrogen-bond donors (Lipinski definition) is 1. The van der Waals surface area contributed by atoms with Crippen LogP contribution in [-0.4, -0.2) is 47.8 Å². The molecule has 1 atom stereocenters. The Morgan fingerprint density at radius 1 is 1.38 bits per heavy atom. The molecular formula is C16H21N3O5. The molecule has 1 saturated heterocycles. The number of carbonyl (C=O) groups excluding carboxylic acids is 2. The maximum absolute atomic E-state index is 11.7. The minimum Gasteiger partial charge on any atom is -0.493 e. The van der Waals surface area contributed by atoms with E-state index in [-0.39, 0.29) is 29.8 Å². The van der Waals surface area contributed by atoms with E-state index in [1.165, 1.54) is 18.2 Å². The molecule has 0 radical (unpaired) electrons. The Hall–Kier alpha value is -2.48. The highest BCUT2D eigenvalue weighted by molar-refractivity contribution is 5.82. The number of rotatable bonds is 8. The van der Waals surface area contributed by atoms with Gasteiger partial charge in [-0.15, -0.1) is 0 Å². The highest BCUT2D eigenvalue weighted by atomic mass is 16.6. The van der Waals surface area contributed by atoms with Gasteiger partial charge in [0.25, 0.3) is 5.69 Å². The number of nitrogens with two attached hydrogens (primary N) is 1. The first kappa shape index (κ1) is 17.9. The second kappa shape index (κ2) is 8.39. The summed E-state index contributed by atoms with van der Waals surface area (Å²) < 4.78 is 5.54. The molecular weight excluding hydrogens is 314 g/mol. The number of ether oxygens (including phenoxy) is 1. The third kappa shape index (κ3) is 4.51. The lowest BCUT2D eigenvalue weighted by atomic mass is 10.1. The van der Waals surface area contributed by atoms with Gasteiger partial charge in [0.2, 0.25) is 5.91 Å². The number of piperidine rings is 1. The summed E-state index contributed by atoms with van der Waals surface area (Å²) in [6.45, 7) is 1.93. The van der Waals surface area contributed by atoms with E-state index in [9.17, 15) is 19.7 Å². The Kier molecular flexibility index (Phi) is 6.25. The normalized spacial score (nSPS) is 16.3. The third-order valence-corrected chi connectivity index (χ3v) is 4.14. The molecule has 1 amide bonds. The first-order valence-corrected chi connectivity index (χ1v) is 7.92. The molecule has 1 unspecified atom stereocenters. The van der Waals surface area contributed by atoms with E-state index in [1.807, 2.05) is 0 Å². The number of likely N-dealkylation sites (tertiary alicyclic amines) is 1. The van der Waals surface area contributed by atoms with Crippen molar-refractivity contribution in [2.75, 3.05) is 19.7 Å². The first-order valence-electron chi connectivity index (χ1n) is 7.92. The zero-order valence-electron chi connectivity index (χ0n) is 13.3. The monoisotopic (exact) mass is 335 g/mol. The van der Waals surface area contributed by atoms with Crippen LogP contribution in [0, 0.1) is 10.1 Å². The number of aldehydes is 1. The Labute approximate surface area is 139 Å². The van der Waals surface area contributed by atoms with Crippen LogP contribution >= 0.6 is 0 Å². The van der Waals surface area contributed by atoms with Crippen LogP contribution in [0.3, 0.4) is 0 Å². The van der Waals surface area contributed by atoms with Gasteiger partial charge >= 0.3 is 0 Å². The summed E-state index contributed by atoms with van der Waals surface area (Å²) in [5, 5.41) is 10.8. The molecule has 8 nitrogen and oxygen atoms in total. The smallest absolute Gasteiger partial charge is 0.280 e. The quantitative estimate of drug-likeness (QED) is 0.437. The number of carbonyl (C=O) groups is 2. The van der Waals surface area contributed by atoms with Crippen molar-refractivity contribution in [1.82, 2.24) is 4.90 Å². The lowest BCUT2D eigenvalue weighted by Gasteiger charge is -2.32. The number of nitrogens with zero attached hydrogens (tertiary/aromatic N) is 2. The first-order chi connectivity index (χ1) is 11.5. The van der Waals surface area contributed by atoms with E-state index in [0.717, 1.165) is 32.4 Å². The van der Waals surface area contributed by atoms with Crippen molar-refractivity contribution in [2.45, 2.75) is 31.7 Å². The fraction of sp³-hybridized carbons (Fsp3) is 0.500. The Balaban J connectivity index is 1.95. The lowest BCUT2D eigenvalue weighted by Crippen LogP contribution is -2.47. The fourth-order valence-electron chi connectivity index (χ4n) is 2.91. The SMILES string of the molecule is NC(=O)C(CCOc1ccc([N+](=O)[O-])c(C=O)c1)N1CCCCC1. The van der Waals surface area contributed by atoms with Crippen LogP contribution in [0.2, 0.25) is 0 Å². The van der Waals surface area contributed by atoms with Crippen LogP contribution < -0.4 is 10.5 Å². The van der Waals surface area contributed by atoms with Gasteiger partial charge in [-0.2, -0.15) is 0 Å². The number of benzene rings is 1.